The largest absolute Gasteiger partial charge is 0.478 e. The smallest absolute Gasteiger partial charge is 0.339 e. The second-order valence-electron chi connectivity index (χ2n) is 5.81. The van der Waals surface area contributed by atoms with Gasteiger partial charge in [-0.1, -0.05) is 12.1 Å². The molecule has 1 aromatic heterocycles. The molecule has 1 unspecified atom stereocenters. The summed E-state index contributed by atoms with van der Waals surface area (Å²) >= 11 is 1.31. The molecular weight excluding hydrogens is 356 g/mol. The van der Waals surface area contributed by atoms with Crippen molar-refractivity contribution in [1.82, 2.24) is 10.6 Å². The van der Waals surface area contributed by atoms with E-state index >= 15 is 0 Å². The molecule has 0 saturated carbocycles. The van der Waals surface area contributed by atoms with Crippen molar-refractivity contribution in [3.63, 3.8) is 0 Å². The van der Waals surface area contributed by atoms with Gasteiger partial charge in [0.15, 0.2) is 0 Å². The minimum atomic E-state index is -1.05. The van der Waals surface area contributed by atoms with Gasteiger partial charge in [-0.15, -0.1) is 11.8 Å². The van der Waals surface area contributed by atoms with Crippen LogP contribution in [-0.4, -0.2) is 35.5 Å². The zero-order valence-electron chi connectivity index (χ0n) is 13.9. The van der Waals surface area contributed by atoms with Crippen LogP contribution in [-0.2, 0) is 10.5 Å². The first-order valence-corrected chi connectivity index (χ1v) is 9.15. The summed E-state index contributed by atoms with van der Waals surface area (Å²) in [6.45, 7) is 0.632. The van der Waals surface area contributed by atoms with Crippen LogP contribution in [0.4, 0.5) is 0 Å². The minimum absolute atomic E-state index is 0.110. The molecule has 2 aromatic rings. The molecule has 3 rings (SSSR count). The lowest BCUT2D eigenvalue weighted by atomic mass is 10.1. The Kier molecular flexibility index (Phi) is 5.62. The normalized spacial score (nSPS) is 16.8. The summed E-state index contributed by atoms with van der Waals surface area (Å²) in [5.74, 6) is -0.930. The van der Waals surface area contributed by atoms with Crippen molar-refractivity contribution in [2.45, 2.75) is 29.5 Å². The summed E-state index contributed by atoms with van der Waals surface area (Å²) in [5.41, 5.74) is 0.553. The number of nitrogens with one attached hydrogen (secondary N) is 2. The summed E-state index contributed by atoms with van der Waals surface area (Å²) in [7, 11) is 0. The number of hydrogen-bond donors (Lipinski definition) is 3. The van der Waals surface area contributed by atoms with Crippen LogP contribution < -0.4 is 10.6 Å². The number of carbonyl (C=O) groups is 3. The van der Waals surface area contributed by atoms with E-state index in [1.54, 1.807) is 24.3 Å². The number of benzene rings is 1. The predicted octanol–water partition coefficient (Wildman–Crippen LogP) is 2.28. The molecule has 2 heterocycles. The first-order chi connectivity index (χ1) is 12.6. The van der Waals surface area contributed by atoms with E-state index in [9.17, 15) is 14.4 Å². The Morgan fingerprint density at radius 1 is 1.27 bits per heavy atom. The van der Waals surface area contributed by atoms with E-state index in [4.69, 9.17) is 9.52 Å². The van der Waals surface area contributed by atoms with Gasteiger partial charge in [-0.3, -0.25) is 9.59 Å². The van der Waals surface area contributed by atoms with Crippen LogP contribution in [0.3, 0.4) is 0 Å². The van der Waals surface area contributed by atoms with Crippen LogP contribution >= 0.6 is 11.8 Å². The zero-order chi connectivity index (χ0) is 18.5. The van der Waals surface area contributed by atoms with Crippen LogP contribution in [0.5, 0.6) is 0 Å². The quantitative estimate of drug-likeness (QED) is 0.670. The highest BCUT2D eigenvalue weighted by Crippen LogP contribution is 2.28. The van der Waals surface area contributed by atoms with Crippen molar-refractivity contribution < 1.29 is 23.9 Å². The molecule has 0 bridgehead atoms. The number of hydrogen-bond acceptors (Lipinski definition) is 5. The number of rotatable bonds is 6. The lowest BCUT2D eigenvalue weighted by Gasteiger charge is -2.23. The Balaban J connectivity index is 1.71. The zero-order valence-corrected chi connectivity index (χ0v) is 14.7. The highest BCUT2D eigenvalue weighted by Gasteiger charge is 2.25. The van der Waals surface area contributed by atoms with Crippen LogP contribution in [0.25, 0.3) is 0 Å². The van der Waals surface area contributed by atoms with Crippen LogP contribution in [0.1, 0.15) is 39.3 Å². The highest BCUT2D eigenvalue weighted by molar-refractivity contribution is 7.98. The van der Waals surface area contributed by atoms with Crippen LogP contribution in [0.2, 0.25) is 0 Å². The average Bonchev–Trinajstić information content (AvgIpc) is 3.11. The number of thioether (sulfide) groups is 1. The molecular formula is C18H18N2O5S. The minimum Gasteiger partial charge on any atom is -0.478 e. The third-order valence-corrected chi connectivity index (χ3v) is 5.13. The van der Waals surface area contributed by atoms with E-state index < -0.39 is 12.0 Å². The number of furan rings is 1. The Labute approximate surface area is 154 Å². The topological polar surface area (TPSA) is 109 Å². The number of aromatic carboxylic acids is 1. The van der Waals surface area contributed by atoms with Gasteiger partial charge in [-0.25, -0.2) is 4.79 Å². The molecule has 1 aliphatic rings. The van der Waals surface area contributed by atoms with Crippen molar-refractivity contribution in [1.29, 1.82) is 0 Å². The van der Waals surface area contributed by atoms with Gasteiger partial charge in [0.05, 0.1) is 17.6 Å². The highest BCUT2D eigenvalue weighted by atomic mass is 32.2. The third kappa shape index (κ3) is 4.08. The van der Waals surface area contributed by atoms with Crippen molar-refractivity contribution in [3.8, 4) is 0 Å². The van der Waals surface area contributed by atoms with Gasteiger partial charge < -0.3 is 20.2 Å². The van der Waals surface area contributed by atoms with E-state index in [2.05, 4.69) is 10.6 Å². The number of carbonyl (C=O) groups excluding carboxylic acids is 2. The SMILES string of the molecule is O=C(NC1CCCNC1=O)c1ccccc1SCc1occc1C(=O)O. The molecule has 1 aromatic carbocycles. The third-order valence-electron chi connectivity index (χ3n) is 4.06. The maximum absolute atomic E-state index is 12.6. The van der Waals surface area contributed by atoms with Crippen molar-refractivity contribution in [2.75, 3.05) is 6.54 Å². The molecule has 1 aliphatic heterocycles. The van der Waals surface area contributed by atoms with E-state index in [1.807, 2.05) is 0 Å². The second kappa shape index (κ2) is 8.09. The summed E-state index contributed by atoms with van der Waals surface area (Å²) in [5, 5.41) is 14.6. The van der Waals surface area contributed by atoms with E-state index in [-0.39, 0.29) is 23.1 Å². The summed E-state index contributed by atoms with van der Waals surface area (Å²) in [6, 6.07) is 7.88. The Hall–Kier alpha value is -2.74. The lowest BCUT2D eigenvalue weighted by molar-refractivity contribution is -0.124. The molecule has 136 valence electrons. The fourth-order valence-corrected chi connectivity index (χ4v) is 3.71. The van der Waals surface area contributed by atoms with Crippen molar-refractivity contribution in [2.24, 2.45) is 0 Å². The molecule has 3 N–H and O–H groups in total. The summed E-state index contributed by atoms with van der Waals surface area (Å²) in [6.07, 6.45) is 2.77. The molecule has 8 heteroatoms. The van der Waals surface area contributed by atoms with Gasteiger partial charge in [0.25, 0.3) is 5.91 Å². The van der Waals surface area contributed by atoms with Crippen LogP contribution in [0, 0.1) is 0 Å². The number of carboxylic acid groups (broad SMARTS) is 1. The first kappa shape index (κ1) is 18.1. The lowest BCUT2D eigenvalue weighted by Crippen LogP contribution is -2.50. The monoisotopic (exact) mass is 374 g/mol. The molecule has 26 heavy (non-hydrogen) atoms. The van der Waals surface area contributed by atoms with E-state index in [0.29, 0.717) is 29.2 Å². The summed E-state index contributed by atoms with van der Waals surface area (Å²) < 4.78 is 5.23. The maximum Gasteiger partial charge on any atom is 0.339 e. The molecule has 0 spiro atoms. The average molecular weight is 374 g/mol. The fraction of sp³-hybridized carbons (Fsp3) is 0.278. The number of amides is 2. The Bertz CT molecular complexity index is 832. The van der Waals surface area contributed by atoms with Gasteiger partial charge >= 0.3 is 5.97 Å². The maximum atomic E-state index is 12.6. The number of carboxylic acids is 1. The Morgan fingerprint density at radius 3 is 2.85 bits per heavy atom. The van der Waals surface area contributed by atoms with E-state index in [1.165, 1.54) is 24.1 Å². The molecule has 1 fully saturated rings. The van der Waals surface area contributed by atoms with Crippen molar-refractivity contribution in [3.05, 3.63) is 53.5 Å². The fourth-order valence-electron chi connectivity index (χ4n) is 2.71. The van der Waals surface area contributed by atoms with Crippen molar-refractivity contribution >= 4 is 29.5 Å². The first-order valence-electron chi connectivity index (χ1n) is 8.16. The second-order valence-corrected chi connectivity index (χ2v) is 6.82. The Morgan fingerprint density at radius 2 is 2.08 bits per heavy atom. The number of piperidine rings is 1. The molecule has 0 aliphatic carbocycles. The van der Waals surface area contributed by atoms with Gasteiger partial charge in [0.1, 0.15) is 17.4 Å². The molecule has 1 saturated heterocycles. The predicted molar refractivity (Wildman–Crippen MR) is 95.2 cm³/mol. The van der Waals surface area contributed by atoms with Gasteiger partial charge in [0, 0.05) is 11.4 Å². The van der Waals surface area contributed by atoms with Gasteiger partial charge in [0.2, 0.25) is 5.91 Å². The molecule has 7 nitrogen and oxygen atoms in total. The van der Waals surface area contributed by atoms with Gasteiger partial charge in [-0.2, -0.15) is 0 Å². The van der Waals surface area contributed by atoms with Crippen LogP contribution in [0.15, 0.2) is 45.9 Å². The molecule has 2 amide bonds. The molecule has 0 radical (unpaired) electrons. The summed E-state index contributed by atoms with van der Waals surface area (Å²) in [4.78, 5) is 36.3. The van der Waals surface area contributed by atoms with Gasteiger partial charge in [-0.05, 0) is 31.0 Å². The molecule has 1 atom stereocenters. The van der Waals surface area contributed by atoms with E-state index in [0.717, 1.165) is 6.42 Å². The standard InChI is InChI=1S/C18H18N2O5S/c21-16(20-13-5-3-8-19-17(13)22)12-4-1-2-6-15(12)26-10-14-11(18(23)24)7-9-25-14/h1-2,4,6-7,9,13H,3,5,8,10H2,(H,19,22)(H,20,21)(H,23,24).